The average molecular weight is 277 g/mol. The van der Waals surface area contributed by atoms with E-state index < -0.39 is 0 Å². The van der Waals surface area contributed by atoms with Gasteiger partial charge in [0.25, 0.3) is 5.91 Å². The highest BCUT2D eigenvalue weighted by Gasteiger charge is 2.22. The smallest absolute Gasteiger partial charge is 0.282 e. The van der Waals surface area contributed by atoms with Crippen LogP contribution in [0.15, 0.2) is 18.2 Å². The summed E-state index contributed by atoms with van der Waals surface area (Å²) in [4.78, 5) is 18.6. The molecule has 0 atom stereocenters. The Hall–Kier alpha value is -1.66. The Bertz CT molecular complexity index is 605. The number of aromatic nitrogens is 1. The Morgan fingerprint density at radius 2 is 2.21 bits per heavy atom. The Morgan fingerprint density at radius 3 is 2.95 bits per heavy atom. The topological polar surface area (TPSA) is 54.5 Å². The van der Waals surface area contributed by atoms with Crippen LogP contribution in [0.1, 0.15) is 9.80 Å². The van der Waals surface area contributed by atoms with E-state index in [-0.39, 0.29) is 5.91 Å². The molecule has 0 bridgehead atoms. The van der Waals surface area contributed by atoms with E-state index in [0.29, 0.717) is 5.01 Å². The summed E-state index contributed by atoms with van der Waals surface area (Å²) in [7, 11) is 1.63. The van der Waals surface area contributed by atoms with Gasteiger partial charge in [0.2, 0.25) is 0 Å². The van der Waals surface area contributed by atoms with Crippen molar-refractivity contribution in [2.75, 3.05) is 33.3 Å². The third-order valence-electron chi connectivity index (χ3n) is 3.19. The fourth-order valence-corrected chi connectivity index (χ4v) is 3.20. The molecular weight excluding hydrogens is 262 g/mol. The lowest BCUT2D eigenvalue weighted by Gasteiger charge is -2.26. The molecule has 6 heteroatoms. The van der Waals surface area contributed by atoms with Gasteiger partial charge in [0, 0.05) is 26.2 Å². The second-order valence-corrected chi connectivity index (χ2v) is 5.37. The van der Waals surface area contributed by atoms with Gasteiger partial charge in [-0.15, -0.1) is 11.3 Å². The molecule has 1 aromatic heterocycles. The molecule has 1 aliphatic heterocycles. The van der Waals surface area contributed by atoms with E-state index in [0.717, 1.165) is 42.1 Å². The first kappa shape index (κ1) is 12.4. The summed E-state index contributed by atoms with van der Waals surface area (Å²) in [5, 5.41) is 3.78. The molecule has 1 amide bonds. The molecule has 1 aromatic carbocycles. The van der Waals surface area contributed by atoms with Crippen LogP contribution in [0.25, 0.3) is 10.2 Å². The van der Waals surface area contributed by atoms with Crippen LogP contribution in [0.2, 0.25) is 0 Å². The van der Waals surface area contributed by atoms with E-state index in [9.17, 15) is 4.79 Å². The van der Waals surface area contributed by atoms with Crippen molar-refractivity contribution in [1.29, 1.82) is 0 Å². The third kappa shape index (κ3) is 2.29. The van der Waals surface area contributed by atoms with Crippen molar-refractivity contribution < 1.29 is 9.53 Å². The van der Waals surface area contributed by atoms with Gasteiger partial charge in [-0.3, -0.25) is 4.79 Å². The van der Waals surface area contributed by atoms with Crippen LogP contribution in [-0.4, -0.2) is 49.1 Å². The lowest BCUT2D eigenvalue weighted by molar-refractivity contribution is 0.0735. The highest BCUT2D eigenvalue weighted by Crippen LogP contribution is 2.31. The molecule has 0 aliphatic carbocycles. The Morgan fingerprint density at radius 1 is 1.42 bits per heavy atom. The molecule has 3 rings (SSSR count). The quantitative estimate of drug-likeness (QED) is 0.900. The van der Waals surface area contributed by atoms with Crippen LogP contribution >= 0.6 is 11.3 Å². The van der Waals surface area contributed by atoms with Gasteiger partial charge >= 0.3 is 0 Å². The van der Waals surface area contributed by atoms with Gasteiger partial charge in [-0.1, -0.05) is 6.07 Å². The number of thiazole rings is 1. The van der Waals surface area contributed by atoms with E-state index in [1.807, 2.05) is 23.1 Å². The standard InChI is InChI=1S/C13H15N3O2S/c1-18-10-4-2-3-9-11(10)19-12(15-9)13(17)16-7-5-14-6-8-16/h2-4,14H,5-8H2,1H3. The summed E-state index contributed by atoms with van der Waals surface area (Å²) in [6.45, 7) is 3.18. The van der Waals surface area contributed by atoms with E-state index in [1.165, 1.54) is 11.3 Å². The number of methoxy groups -OCH3 is 1. The molecule has 100 valence electrons. The predicted octanol–water partition coefficient (Wildman–Crippen LogP) is 1.35. The van der Waals surface area contributed by atoms with Gasteiger partial charge in [0.05, 0.1) is 17.3 Å². The van der Waals surface area contributed by atoms with Crippen molar-refractivity contribution in [2.24, 2.45) is 0 Å². The first-order chi connectivity index (χ1) is 9.29. The summed E-state index contributed by atoms with van der Waals surface area (Å²) in [6, 6.07) is 5.68. The SMILES string of the molecule is COc1cccc2nc(C(=O)N3CCNCC3)sc12. The summed E-state index contributed by atoms with van der Waals surface area (Å²) in [6.07, 6.45) is 0. The first-order valence-corrected chi connectivity index (χ1v) is 7.05. The van der Waals surface area contributed by atoms with Gasteiger partial charge in [0.15, 0.2) is 5.01 Å². The lowest BCUT2D eigenvalue weighted by Crippen LogP contribution is -2.46. The molecule has 5 nitrogen and oxygen atoms in total. The maximum absolute atomic E-state index is 12.4. The fourth-order valence-electron chi connectivity index (χ4n) is 2.18. The van der Waals surface area contributed by atoms with Crippen LogP contribution in [0, 0.1) is 0 Å². The molecule has 19 heavy (non-hydrogen) atoms. The molecule has 1 saturated heterocycles. The first-order valence-electron chi connectivity index (χ1n) is 6.23. The zero-order valence-corrected chi connectivity index (χ0v) is 11.5. The van der Waals surface area contributed by atoms with E-state index in [4.69, 9.17) is 4.74 Å². The van der Waals surface area contributed by atoms with Crippen LogP contribution in [0.4, 0.5) is 0 Å². The maximum atomic E-state index is 12.4. The number of ether oxygens (including phenoxy) is 1. The van der Waals surface area contributed by atoms with Crippen molar-refractivity contribution in [3.8, 4) is 5.75 Å². The monoisotopic (exact) mass is 277 g/mol. The fraction of sp³-hybridized carbons (Fsp3) is 0.385. The number of hydrogen-bond donors (Lipinski definition) is 1. The van der Waals surface area contributed by atoms with Crippen LogP contribution in [0.3, 0.4) is 0 Å². The highest BCUT2D eigenvalue weighted by molar-refractivity contribution is 7.20. The second-order valence-electron chi connectivity index (χ2n) is 4.37. The van der Waals surface area contributed by atoms with Gasteiger partial charge in [-0.25, -0.2) is 4.98 Å². The summed E-state index contributed by atoms with van der Waals surface area (Å²) < 4.78 is 6.24. The number of amides is 1. The molecule has 2 aromatic rings. The highest BCUT2D eigenvalue weighted by atomic mass is 32.1. The van der Waals surface area contributed by atoms with Crippen molar-refractivity contribution >= 4 is 27.5 Å². The molecule has 1 aliphatic rings. The van der Waals surface area contributed by atoms with E-state index in [1.54, 1.807) is 7.11 Å². The zero-order valence-electron chi connectivity index (χ0n) is 10.7. The Balaban J connectivity index is 1.94. The molecule has 0 radical (unpaired) electrons. The van der Waals surface area contributed by atoms with E-state index in [2.05, 4.69) is 10.3 Å². The van der Waals surface area contributed by atoms with Gasteiger partial charge in [-0.2, -0.15) is 0 Å². The number of benzene rings is 1. The molecule has 2 heterocycles. The third-order valence-corrected chi connectivity index (χ3v) is 4.26. The number of nitrogens with one attached hydrogen (secondary N) is 1. The van der Waals surface area contributed by atoms with Gasteiger partial charge in [0.1, 0.15) is 5.75 Å². The Kier molecular flexibility index (Phi) is 3.35. The minimum absolute atomic E-state index is 0.0183. The summed E-state index contributed by atoms with van der Waals surface area (Å²) in [5.41, 5.74) is 0.822. The molecule has 0 spiro atoms. The number of piperazine rings is 1. The van der Waals surface area contributed by atoms with Crippen LogP contribution in [0.5, 0.6) is 5.75 Å². The predicted molar refractivity (Wildman–Crippen MR) is 74.9 cm³/mol. The molecule has 0 unspecified atom stereocenters. The van der Waals surface area contributed by atoms with Crippen LogP contribution < -0.4 is 10.1 Å². The lowest BCUT2D eigenvalue weighted by atomic mass is 10.3. The van der Waals surface area contributed by atoms with E-state index >= 15 is 0 Å². The number of nitrogens with zero attached hydrogens (tertiary/aromatic N) is 2. The van der Waals surface area contributed by atoms with Crippen molar-refractivity contribution in [2.45, 2.75) is 0 Å². The van der Waals surface area contributed by atoms with Crippen LogP contribution in [-0.2, 0) is 0 Å². The molecule has 1 fully saturated rings. The van der Waals surface area contributed by atoms with Crippen molar-refractivity contribution in [1.82, 2.24) is 15.2 Å². The average Bonchev–Trinajstić information content (AvgIpc) is 2.91. The normalized spacial score (nSPS) is 15.7. The van der Waals surface area contributed by atoms with Gasteiger partial charge in [-0.05, 0) is 12.1 Å². The zero-order chi connectivity index (χ0) is 13.2. The van der Waals surface area contributed by atoms with Gasteiger partial charge < -0.3 is 15.0 Å². The maximum Gasteiger partial charge on any atom is 0.282 e. The summed E-state index contributed by atoms with van der Waals surface area (Å²) in [5.74, 6) is 0.791. The second kappa shape index (κ2) is 5.14. The number of hydrogen-bond acceptors (Lipinski definition) is 5. The number of carbonyl (C=O) groups is 1. The minimum Gasteiger partial charge on any atom is -0.495 e. The minimum atomic E-state index is 0.0183. The number of fused-ring (bicyclic) bond motifs is 1. The molecular formula is C13H15N3O2S. The molecule has 0 saturated carbocycles. The number of rotatable bonds is 2. The van der Waals surface area contributed by atoms with Crippen molar-refractivity contribution in [3.05, 3.63) is 23.2 Å². The Labute approximate surface area is 115 Å². The summed E-state index contributed by atoms with van der Waals surface area (Å²) >= 11 is 1.40. The largest absolute Gasteiger partial charge is 0.495 e. The number of carbonyl (C=O) groups excluding carboxylic acids is 1. The van der Waals surface area contributed by atoms with Crippen molar-refractivity contribution in [3.63, 3.8) is 0 Å². The molecule has 1 N–H and O–H groups in total.